The second kappa shape index (κ2) is 6.10. The quantitative estimate of drug-likeness (QED) is 0.920. The maximum atomic E-state index is 6.38. The van der Waals surface area contributed by atoms with Crippen molar-refractivity contribution < 1.29 is 9.64 Å². The maximum absolute atomic E-state index is 6.38. The minimum absolute atomic E-state index is 0.238. The molecule has 0 bridgehead atoms. The molecular weight excluding hydrogens is 282 g/mol. The van der Waals surface area contributed by atoms with Crippen LogP contribution in [0.25, 0.3) is 0 Å². The molecule has 2 aliphatic rings. The van der Waals surface area contributed by atoms with Crippen LogP contribution in [0.1, 0.15) is 24.0 Å². The Labute approximate surface area is 139 Å². The van der Waals surface area contributed by atoms with Crippen molar-refractivity contribution in [2.45, 2.75) is 18.4 Å². The molecule has 2 heteroatoms. The fourth-order valence-corrected chi connectivity index (χ4v) is 4.48. The van der Waals surface area contributed by atoms with E-state index in [0.29, 0.717) is 5.92 Å². The van der Waals surface area contributed by atoms with Gasteiger partial charge in [-0.2, -0.15) is 0 Å². The monoisotopic (exact) mass is 308 g/mol. The van der Waals surface area contributed by atoms with Gasteiger partial charge in [-0.15, -0.1) is 0 Å². The highest BCUT2D eigenvalue weighted by atomic mass is 16.5. The Morgan fingerprint density at radius 3 is 1.83 bits per heavy atom. The molecule has 120 valence electrons. The van der Waals surface area contributed by atoms with Crippen LogP contribution in [0.5, 0.6) is 0 Å². The number of quaternary nitrogens is 1. The van der Waals surface area contributed by atoms with Gasteiger partial charge in [-0.05, 0) is 17.0 Å². The van der Waals surface area contributed by atoms with Gasteiger partial charge < -0.3 is 9.64 Å². The van der Waals surface area contributed by atoms with E-state index in [2.05, 4.69) is 67.7 Å². The van der Waals surface area contributed by atoms with Crippen LogP contribution < -0.4 is 4.90 Å². The Morgan fingerprint density at radius 1 is 0.870 bits per heavy atom. The summed E-state index contributed by atoms with van der Waals surface area (Å²) in [7, 11) is 2.31. The molecule has 0 aromatic heterocycles. The Bertz CT molecular complexity index is 592. The molecule has 2 fully saturated rings. The third kappa shape index (κ3) is 2.50. The van der Waals surface area contributed by atoms with Crippen molar-refractivity contribution in [3.05, 3.63) is 71.8 Å². The average Bonchev–Trinajstić information content (AvgIpc) is 2.58. The maximum Gasteiger partial charge on any atom is 0.123 e. The van der Waals surface area contributed by atoms with E-state index in [-0.39, 0.29) is 5.60 Å². The lowest BCUT2D eigenvalue weighted by Crippen LogP contribution is -3.10. The molecule has 0 radical (unpaired) electrons. The number of rotatable bonds is 3. The molecule has 2 saturated heterocycles. The lowest BCUT2D eigenvalue weighted by Gasteiger charge is -2.54. The summed E-state index contributed by atoms with van der Waals surface area (Å²) >= 11 is 0. The Balaban J connectivity index is 1.72. The molecule has 23 heavy (non-hydrogen) atoms. The van der Waals surface area contributed by atoms with E-state index in [0.717, 1.165) is 12.5 Å². The summed E-state index contributed by atoms with van der Waals surface area (Å²) in [6, 6.07) is 21.7. The number of benzene rings is 2. The highest BCUT2D eigenvalue weighted by molar-refractivity contribution is 5.39. The van der Waals surface area contributed by atoms with Crippen molar-refractivity contribution in [3.63, 3.8) is 0 Å². The zero-order valence-corrected chi connectivity index (χ0v) is 13.9. The summed E-state index contributed by atoms with van der Waals surface area (Å²) in [5.41, 5.74) is 2.39. The fourth-order valence-electron chi connectivity index (χ4n) is 4.48. The van der Waals surface area contributed by atoms with Gasteiger partial charge in [-0.1, -0.05) is 60.7 Å². The first kappa shape index (κ1) is 14.9. The van der Waals surface area contributed by atoms with Crippen molar-refractivity contribution in [2.75, 3.05) is 26.7 Å². The van der Waals surface area contributed by atoms with Gasteiger partial charge in [0.1, 0.15) is 5.60 Å². The molecular formula is C21H26NO+. The summed E-state index contributed by atoms with van der Waals surface area (Å²) in [6.45, 7) is 3.48. The largest absolute Gasteiger partial charge is 0.365 e. The van der Waals surface area contributed by atoms with Gasteiger partial charge in [-0.25, -0.2) is 0 Å². The lowest BCUT2D eigenvalue weighted by molar-refractivity contribution is -0.886. The summed E-state index contributed by atoms with van der Waals surface area (Å²) in [5, 5.41) is 0. The zero-order valence-electron chi connectivity index (χ0n) is 13.9. The SMILES string of the molecule is C[NH+]1CCC([C@@H]2COC2(c2ccccc2)c2ccccc2)CC1. The van der Waals surface area contributed by atoms with Crippen LogP contribution in [-0.2, 0) is 10.3 Å². The van der Waals surface area contributed by atoms with Crippen LogP contribution >= 0.6 is 0 Å². The predicted molar refractivity (Wildman–Crippen MR) is 92.5 cm³/mol. The van der Waals surface area contributed by atoms with Crippen LogP contribution in [0, 0.1) is 11.8 Å². The third-order valence-electron chi connectivity index (χ3n) is 5.87. The van der Waals surface area contributed by atoms with Crippen LogP contribution in [0.2, 0.25) is 0 Å². The normalized spacial score (nSPS) is 29.7. The molecule has 4 rings (SSSR count). The first-order chi connectivity index (χ1) is 11.3. The van der Waals surface area contributed by atoms with Gasteiger partial charge in [0.05, 0.1) is 26.7 Å². The van der Waals surface area contributed by atoms with E-state index in [1.807, 2.05) is 0 Å². The summed E-state index contributed by atoms with van der Waals surface area (Å²) in [6.07, 6.45) is 2.64. The van der Waals surface area contributed by atoms with Crippen molar-refractivity contribution in [1.82, 2.24) is 0 Å². The van der Waals surface area contributed by atoms with Crippen molar-refractivity contribution in [2.24, 2.45) is 11.8 Å². The standard InChI is InChI=1S/C21H25NO/c1-22-14-12-17(13-15-22)20-16-23-21(20,18-8-4-2-5-9-18)19-10-6-3-7-11-19/h2-11,17,20H,12-16H2,1H3/p+1/t20-/m0/s1. The summed E-state index contributed by atoms with van der Waals surface area (Å²) < 4.78 is 6.38. The van der Waals surface area contributed by atoms with Crippen molar-refractivity contribution in [3.8, 4) is 0 Å². The first-order valence-corrected chi connectivity index (χ1v) is 8.87. The second-order valence-electron chi connectivity index (χ2n) is 7.18. The number of likely N-dealkylation sites (tertiary alicyclic amines) is 1. The predicted octanol–water partition coefficient (Wildman–Crippen LogP) is 2.50. The van der Waals surface area contributed by atoms with E-state index in [9.17, 15) is 0 Å². The molecule has 2 heterocycles. The Morgan fingerprint density at radius 2 is 1.39 bits per heavy atom. The first-order valence-electron chi connectivity index (χ1n) is 8.87. The molecule has 0 unspecified atom stereocenters. The lowest BCUT2D eigenvalue weighted by atomic mass is 9.65. The van der Waals surface area contributed by atoms with Crippen LogP contribution in [-0.4, -0.2) is 26.7 Å². The highest BCUT2D eigenvalue weighted by Gasteiger charge is 2.54. The van der Waals surface area contributed by atoms with Gasteiger partial charge in [0.15, 0.2) is 0 Å². The van der Waals surface area contributed by atoms with Crippen LogP contribution in [0.15, 0.2) is 60.7 Å². The van der Waals surface area contributed by atoms with Gasteiger partial charge >= 0.3 is 0 Å². The molecule has 2 aromatic rings. The van der Waals surface area contributed by atoms with Crippen molar-refractivity contribution >= 4 is 0 Å². The average molecular weight is 308 g/mol. The van der Waals surface area contributed by atoms with E-state index >= 15 is 0 Å². The molecule has 0 spiro atoms. The number of hydrogen-bond donors (Lipinski definition) is 1. The minimum Gasteiger partial charge on any atom is -0.365 e. The molecule has 0 amide bonds. The van der Waals surface area contributed by atoms with Gasteiger partial charge in [0.25, 0.3) is 0 Å². The number of piperidine rings is 1. The summed E-state index contributed by atoms with van der Waals surface area (Å²) in [5.74, 6) is 1.37. The molecule has 2 aliphatic heterocycles. The van der Waals surface area contributed by atoms with Gasteiger partial charge in [0, 0.05) is 18.8 Å². The number of nitrogens with one attached hydrogen (secondary N) is 1. The van der Waals surface area contributed by atoms with E-state index in [4.69, 9.17) is 4.74 Å². The Kier molecular flexibility index (Phi) is 3.96. The number of hydrogen-bond acceptors (Lipinski definition) is 1. The molecule has 1 N–H and O–H groups in total. The fraction of sp³-hybridized carbons (Fsp3) is 0.429. The van der Waals surface area contributed by atoms with Crippen LogP contribution in [0.3, 0.4) is 0 Å². The highest BCUT2D eigenvalue weighted by Crippen LogP contribution is 2.52. The van der Waals surface area contributed by atoms with Gasteiger partial charge in [0.2, 0.25) is 0 Å². The van der Waals surface area contributed by atoms with E-state index < -0.39 is 0 Å². The zero-order chi connectivity index (χ0) is 15.7. The Hall–Kier alpha value is -1.64. The smallest absolute Gasteiger partial charge is 0.123 e. The molecule has 1 atom stereocenters. The summed E-state index contributed by atoms with van der Waals surface area (Å²) in [4.78, 5) is 1.67. The topological polar surface area (TPSA) is 13.7 Å². The third-order valence-corrected chi connectivity index (χ3v) is 5.87. The van der Waals surface area contributed by atoms with E-state index in [1.54, 1.807) is 4.90 Å². The van der Waals surface area contributed by atoms with Crippen LogP contribution in [0.4, 0.5) is 0 Å². The van der Waals surface area contributed by atoms with E-state index in [1.165, 1.54) is 37.1 Å². The molecule has 2 aromatic carbocycles. The van der Waals surface area contributed by atoms with Gasteiger partial charge in [-0.3, -0.25) is 0 Å². The molecule has 2 nitrogen and oxygen atoms in total. The van der Waals surface area contributed by atoms with Crippen molar-refractivity contribution in [1.29, 1.82) is 0 Å². The molecule has 0 aliphatic carbocycles. The molecule has 0 saturated carbocycles. The minimum atomic E-state index is -0.238. The second-order valence-corrected chi connectivity index (χ2v) is 7.18. The number of ether oxygens (including phenoxy) is 1.